The van der Waals surface area contributed by atoms with Gasteiger partial charge in [-0.05, 0) is 53.4 Å². The first-order valence-electron chi connectivity index (χ1n) is 10.1. The van der Waals surface area contributed by atoms with Gasteiger partial charge in [0.15, 0.2) is 6.10 Å². The molecule has 7 heteroatoms. The number of nitrogens with one attached hydrogen (secondary N) is 1. The molecule has 2 amide bonds. The first-order chi connectivity index (χ1) is 12.7. The molecule has 1 aliphatic carbocycles. The molecule has 7 nitrogen and oxygen atoms in total. The van der Waals surface area contributed by atoms with Crippen molar-refractivity contribution in [2.75, 3.05) is 13.1 Å². The number of nitrogens with zero attached hydrogens (tertiary/aromatic N) is 1. The molecule has 0 aromatic rings. The second-order valence-electron chi connectivity index (χ2n) is 8.66. The molecule has 0 aromatic carbocycles. The van der Waals surface area contributed by atoms with E-state index >= 15 is 0 Å². The lowest BCUT2D eigenvalue weighted by Crippen LogP contribution is -2.45. The van der Waals surface area contributed by atoms with Crippen LogP contribution >= 0.6 is 0 Å². The van der Waals surface area contributed by atoms with Crippen LogP contribution in [0.4, 0.5) is 4.79 Å². The molecule has 1 saturated carbocycles. The molecule has 2 fully saturated rings. The van der Waals surface area contributed by atoms with Gasteiger partial charge >= 0.3 is 12.1 Å². The van der Waals surface area contributed by atoms with Crippen molar-refractivity contribution in [3.8, 4) is 0 Å². The Bertz CT molecular complexity index is 529. The smallest absolute Gasteiger partial charge is 0.410 e. The molecule has 2 aliphatic rings. The molecule has 1 atom stereocenters. The highest BCUT2D eigenvalue weighted by Crippen LogP contribution is 2.22. The van der Waals surface area contributed by atoms with Crippen LogP contribution in [0.1, 0.15) is 72.6 Å². The summed E-state index contributed by atoms with van der Waals surface area (Å²) in [6.45, 7) is 8.01. The molecule has 0 bridgehead atoms. The van der Waals surface area contributed by atoms with Gasteiger partial charge in [-0.2, -0.15) is 0 Å². The molecule has 154 valence electrons. The van der Waals surface area contributed by atoms with Gasteiger partial charge in [0.1, 0.15) is 5.60 Å². The Labute approximate surface area is 162 Å². The lowest BCUT2D eigenvalue weighted by atomic mass is 9.95. The third-order valence-electron chi connectivity index (χ3n) is 5.09. The van der Waals surface area contributed by atoms with E-state index in [0.717, 1.165) is 25.7 Å². The Morgan fingerprint density at radius 1 is 1.00 bits per heavy atom. The molecule has 1 heterocycles. The van der Waals surface area contributed by atoms with E-state index in [1.807, 2.05) is 20.8 Å². The van der Waals surface area contributed by atoms with E-state index < -0.39 is 11.7 Å². The molecule has 1 N–H and O–H groups in total. The van der Waals surface area contributed by atoms with Crippen LogP contribution in [0.2, 0.25) is 0 Å². The zero-order chi connectivity index (χ0) is 20.0. The lowest BCUT2D eigenvalue weighted by Gasteiger charge is -2.33. The zero-order valence-electron chi connectivity index (χ0n) is 17.1. The maximum Gasteiger partial charge on any atom is 0.410 e. The van der Waals surface area contributed by atoms with Gasteiger partial charge in [0.2, 0.25) is 0 Å². The average Bonchev–Trinajstić information content (AvgIpc) is 2.61. The summed E-state index contributed by atoms with van der Waals surface area (Å²) in [5.41, 5.74) is -0.534. The maximum atomic E-state index is 12.4. The molecule has 1 unspecified atom stereocenters. The summed E-state index contributed by atoms with van der Waals surface area (Å²) in [4.78, 5) is 38.3. The first kappa shape index (κ1) is 21.5. The predicted octanol–water partition coefficient (Wildman–Crippen LogP) is 3.01. The van der Waals surface area contributed by atoms with E-state index in [4.69, 9.17) is 9.47 Å². The third kappa shape index (κ3) is 7.03. The molecule has 0 spiro atoms. The standard InChI is InChI=1S/C20H34N2O5/c1-14(17(23)21-16-8-6-5-7-9-16)26-18(24)15-10-12-22(13-11-15)19(25)27-20(2,3)4/h14-16H,5-13H2,1-4H3,(H,21,23). The van der Waals surface area contributed by atoms with Crippen LogP contribution in [0, 0.1) is 5.92 Å². The number of amides is 2. The van der Waals surface area contributed by atoms with Gasteiger partial charge in [0.25, 0.3) is 5.91 Å². The van der Waals surface area contributed by atoms with Crippen LogP contribution in [-0.4, -0.2) is 53.7 Å². The van der Waals surface area contributed by atoms with Gasteiger partial charge in [0.05, 0.1) is 5.92 Å². The van der Waals surface area contributed by atoms with Gasteiger partial charge in [-0.3, -0.25) is 9.59 Å². The molecule has 0 radical (unpaired) electrons. The zero-order valence-corrected chi connectivity index (χ0v) is 17.1. The summed E-state index contributed by atoms with van der Waals surface area (Å²) >= 11 is 0. The van der Waals surface area contributed by atoms with Crippen molar-refractivity contribution in [1.29, 1.82) is 0 Å². The quantitative estimate of drug-likeness (QED) is 0.756. The topological polar surface area (TPSA) is 84.9 Å². The summed E-state index contributed by atoms with van der Waals surface area (Å²) < 4.78 is 10.7. The Balaban J connectivity index is 1.73. The van der Waals surface area contributed by atoms with E-state index in [0.29, 0.717) is 25.9 Å². The SMILES string of the molecule is CC(OC(=O)C1CCN(C(=O)OC(C)(C)C)CC1)C(=O)NC1CCCCC1. The Kier molecular flexibility index (Phi) is 7.50. The Morgan fingerprint density at radius 2 is 1.59 bits per heavy atom. The highest BCUT2D eigenvalue weighted by atomic mass is 16.6. The van der Waals surface area contributed by atoms with Crippen molar-refractivity contribution in [3.63, 3.8) is 0 Å². The van der Waals surface area contributed by atoms with Crippen molar-refractivity contribution in [2.24, 2.45) is 5.92 Å². The molecule has 1 aliphatic heterocycles. The van der Waals surface area contributed by atoms with Crippen LogP contribution < -0.4 is 5.32 Å². The van der Waals surface area contributed by atoms with E-state index in [-0.39, 0.29) is 29.9 Å². The summed E-state index contributed by atoms with van der Waals surface area (Å²) in [6, 6.07) is 0.199. The van der Waals surface area contributed by atoms with Crippen molar-refractivity contribution in [1.82, 2.24) is 10.2 Å². The van der Waals surface area contributed by atoms with Gasteiger partial charge in [-0.25, -0.2) is 4.79 Å². The van der Waals surface area contributed by atoms with Crippen LogP contribution in [0.15, 0.2) is 0 Å². The van der Waals surface area contributed by atoms with Crippen LogP contribution in [0.25, 0.3) is 0 Å². The summed E-state index contributed by atoms with van der Waals surface area (Å²) in [7, 11) is 0. The van der Waals surface area contributed by atoms with Gasteiger partial charge < -0.3 is 19.7 Å². The number of carbonyl (C=O) groups is 3. The van der Waals surface area contributed by atoms with E-state index in [1.165, 1.54) is 6.42 Å². The van der Waals surface area contributed by atoms with Gasteiger partial charge in [-0.15, -0.1) is 0 Å². The molecule has 27 heavy (non-hydrogen) atoms. The minimum absolute atomic E-state index is 0.199. The van der Waals surface area contributed by atoms with Crippen LogP contribution in [0.3, 0.4) is 0 Å². The number of carbonyl (C=O) groups excluding carboxylic acids is 3. The largest absolute Gasteiger partial charge is 0.452 e. The van der Waals surface area contributed by atoms with Crippen molar-refractivity contribution >= 4 is 18.0 Å². The summed E-state index contributed by atoms with van der Waals surface area (Å²) in [6.07, 6.45) is 5.39. The predicted molar refractivity (Wildman–Crippen MR) is 101 cm³/mol. The maximum absolute atomic E-state index is 12.4. The molecule has 0 aromatic heterocycles. The minimum Gasteiger partial charge on any atom is -0.452 e. The highest BCUT2D eigenvalue weighted by Gasteiger charge is 2.32. The average molecular weight is 383 g/mol. The van der Waals surface area contributed by atoms with Crippen molar-refractivity contribution in [2.45, 2.75) is 90.4 Å². The number of esters is 1. The van der Waals surface area contributed by atoms with Crippen molar-refractivity contribution in [3.05, 3.63) is 0 Å². The summed E-state index contributed by atoms with van der Waals surface area (Å²) in [5.74, 6) is -0.861. The van der Waals surface area contributed by atoms with E-state index in [2.05, 4.69) is 5.32 Å². The second kappa shape index (κ2) is 9.42. The Hall–Kier alpha value is -1.79. The molecule has 2 rings (SSSR count). The highest BCUT2D eigenvalue weighted by molar-refractivity contribution is 5.84. The number of hydrogen-bond acceptors (Lipinski definition) is 5. The van der Waals surface area contributed by atoms with E-state index in [1.54, 1.807) is 11.8 Å². The fourth-order valence-electron chi connectivity index (χ4n) is 3.51. The monoisotopic (exact) mass is 382 g/mol. The number of ether oxygens (including phenoxy) is 2. The third-order valence-corrected chi connectivity index (χ3v) is 5.09. The molecule has 1 saturated heterocycles. The van der Waals surface area contributed by atoms with Crippen LogP contribution in [0.5, 0.6) is 0 Å². The first-order valence-corrected chi connectivity index (χ1v) is 10.1. The van der Waals surface area contributed by atoms with Gasteiger partial charge in [-0.1, -0.05) is 19.3 Å². The molecular weight excluding hydrogens is 348 g/mol. The summed E-state index contributed by atoms with van der Waals surface area (Å²) in [5, 5.41) is 2.99. The number of rotatable bonds is 4. The van der Waals surface area contributed by atoms with E-state index in [9.17, 15) is 14.4 Å². The fraction of sp³-hybridized carbons (Fsp3) is 0.850. The normalized spacial score (nSPS) is 20.7. The second-order valence-corrected chi connectivity index (χ2v) is 8.66. The Morgan fingerprint density at radius 3 is 2.15 bits per heavy atom. The lowest BCUT2D eigenvalue weighted by molar-refractivity contribution is -0.160. The van der Waals surface area contributed by atoms with Gasteiger partial charge in [0, 0.05) is 19.1 Å². The number of piperidine rings is 1. The van der Waals surface area contributed by atoms with Crippen LogP contribution in [-0.2, 0) is 19.1 Å². The number of likely N-dealkylation sites (tertiary alicyclic amines) is 1. The number of hydrogen-bond donors (Lipinski definition) is 1. The molecular formula is C20H34N2O5. The fourth-order valence-corrected chi connectivity index (χ4v) is 3.51. The van der Waals surface area contributed by atoms with Crippen molar-refractivity contribution < 1.29 is 23.9 Å². The minimum atomic E-state index is -0.789.